The highest BCUT2D eigenvalue weighted by molar-refractivity contribution is 8.07. The normalized spacial score (nSPS) is 15.4. The number of ketones is 1. The van der Waals surface area contributed by atoms with Crippen LogP contribution in [0.3, 0.4) is 0 Å². The lowest BCUT2D eigenvalue weighted by atomic mass is 9.99. The van der Waals surface area contributed by atoms with Gasteiger partial charge in [-0.2, -0.15) is 0 Å². The molecule has 0 fully saturated rings. The predicted octanol–water partition coefficient (Wildman–Crippen LogP) is 3.93. The lowest BCUT2D eigenvalue weighted by molar-refractivity contribution is 0.0982. The first-order valence-electron chi connectivity index (χ1n) is 5.62. The Morgan fingerprint density at radius 1 is 1.31 bits per heavy atom. The van der Waals surface area contributed by atoms with E-state index in [1.54, 1.807) is 11.8 Å². The minimum Gasteiger partial charge on any atom is -0.294 e. The highest BCUT2D eigenvalue weighted by Gasteiger charge is 2.16. The maximum atomic E-state index is 11.9. The second-order valence-corrected chi connectivity index (χ2v) is 5.03. The van der Waals surface area contributed by atoms with Crippen molar-refractivity contribution in [3.63, 3.8) is 0 Å². The van der Waals surface area contributed by atoms with Crippen LogP contribution < -0.4 is 0 Å². The Labute approximate surface area is 101 Å². The Balaban J connectivity index is 2.43. The van der Waals surface area contributed by atoms with E-state index in [-0.39, 0.29) is 0 Å². The van der Waals surface area contributed by atoms with Crippen LogP contribution in [-0.2, 0) is 6.42 Å². The Morgan fingerprint density at radius 3 is 2.81 bits per heavy atom. The molecule has 2 heteroatoms. The first-order valence-corrected chi connectivity index (χ1v) is 6.84. The standard InChI is InChI=1S/C14H16OS/c1-10(16-2)12-8-7-11-5-3-4-6-14(15)13(11)9-12/h7-9H,1,3-6H2,2H3. The van der Waals surface area contributed by atoms with Gasteiger partial charge in [0.05, 0.1) is 0 Å². The average Bonchev–Trinajstić information content (AvgIpc) is 2.50. The number of carbonyl (C=O) groups excluding carboxylic acids is 1. The quantitative estimate of drug-likeness (QED) is 0.719. The molecule has 1 aliphatic carbocycles. The summed E-state index contributed by atoms with van der Waals surface area (Å²) in [5, 5.41) is 0. The number of Topliss-reactive ketones (excluding diaryl/α,β-unsaturated/α-hetero) is 1. The van der Waals surface area contributed by atoms with Crippen molar-refractivity contribution in [3.05, 3.63) is 41.5 Å². The van der Waals surface area contributed by atoms with E-state index in [0.717, 1.165) is 35.3 Å². The molecule has 1 aromatic carbocycles. The summed E-state index contributed by atoms with van der Waals surface area (Å²) < 4.78 is 0. The van der Waals surface area contributed by atoms with Crippen molar-refractivity contribution in [2.24, 2.45) is 0 Å². The van der Waals surface area contributed by atoms with Crippen LogP contribution >= 0.6 is 11.8 Å². The minimum atomic E-state index is 0.295. The van der Waals surface area contributed by atoms with Crippen molar-refractivity contribution in [1.82, 2.24) is 0 Å². The van der Waals surface area contributed by atoms with Crippen LogP contribution in [0.25, 0.3) is 4.91 Å². The molecule has 2 rings (SSSR count). The molecule has 1 aromatic rings. The van der Waals surface area contributed by atoms with Crippen LogP contribution in [0.15, 0.2) is 24.8 Å². The summed E-state index contributed by atoms with van der Waals surface area (Å²) in [4.78, 5) is 13.0. The predicted molar refractivity (Wildman–Crippen MR) is 70.9 cm³/mol. The van der Waals surface area contributed by atoms with Crippen molar-refractivity contribution in [2.75, 3.05) is 6.26 Å². The summed E-state index contributed by atoms with van der Waals surface area (Å²) in [5.74, 6) is 0.295. The van der Waals surface area contributed by atoms with Crippen molar-refractivity contribution in [1.29, 1.82) is 0 Å². The molecule has 0 spiro atoms. The van der Waals surface area contributed by atoms with Crippen LogP contribution in [0, 0.1) is 0 Å². The number of benzene rings is 1. The number of fused-ring (bicyclic) bond motifs is 1. The van der Waals surface area contributed by atoms with Crippen molar-refractivity contribution >= 4 is 22.5 Å². The molecular weight excluding hydrogens is 216 g/mol. The number of hydrogen-bond donors (Lipinski definition) is 0. The molecule has 0 N–H and O–H groups in total. The Morgan fingerprint density at radius 2 is 2.06 bits per heavy atom. The van der Waals surface area contributed by atoms with Crippen molar-refractivity contribution in [3.8, 4) is 0 Å². The summed E-state index contributed by atoms with van der Waals surface area (Å²) in [6, 6.07) is 6.19. The summed E-state index contributed by atoms with van der Waals surface area (Å²) in [7, 11) is 0. The second kappa shape index (κ2) is 4.88. The molecule has 0 bridgehead atoms. The largest absolute Gasteiger partial charge is 0.294 e. The van der Waals surface area contributed by atoms with Crippen LogP contribution in [0.4, 0.5) is 0 Å². The van der Waals surface area contributed by atoms with E-state index in [4.69, 9.17) is 0 Å². The third kappa shape index (κ3) is 2.22. The van der Waals surface area contributed by atoms with Crippen LogP contribution in [0.1, 0.15) is 40.7 Å². The smallest absolute Gasteiger partial charge is 0.163 e. The van der Waals surface area contributed by atoms with E-state index in [1.165, 1.54) is 5.56 Å². The molecule has 0 heterocycles. The van der Waals surface area contributed by atoms with Gasteiger partial charge in [0.25, 0.3) is 0 Å². The van der Waals surface area contributed by atoms with E-state index >= 15 is 0 Å². The van der Waals surface area contributed by atoms with Gasteiger partial charge in [-0.25, -0.2) is 0 Å². The van der Waals surface area contributed by atoms with Crippen molar-refractivity contribution in [2.45, 2.75) is 25.7 Å². The van der Waals surface area contributed by atoms with Gasteiger partial charge in [0.1, 0.15) is 0 Å². The highest BCUT2D eigenvalue weighted by Crippen LogP contribution is 2.28. The number of hydrogen-bond acceptors (Lipinski definition) is 2. The van der Waals surface area contributed by atoms with Gasteiger partial charge >= 0.3 is 0 Å². The summed E-state index contributed by atoms with van der Waals surface area (Å²) in [6.45, 7) is 3.99. The van der Waals surface area contributed by atoms with Gasteiger partial charge in [0, 0.05) is 16.9 Å². The van der Waals surface area contributed by atoms with E-state index in [0.29, 0.717) is 12.2 Å². The topological polar surface area (TPSA) is 17.1 Å². The summed E-state index contributed by atoms with van der Waals surface area (Å²) in [6.07, 6.45) is 5.89. The van der Waals surface area contributed by atoms with Gasteiger partial charge in [-0.05, 0) is 42.7 Å². The zero-order valence-corrected chi connectivity index (χ0v) is 10.4. The van der Waals surface area contributed by atoms with Gasteiger partial charge in [-0.1, -0.05) is 18.7 Å². The fourth-order valence-electron chi connectivity index (χ4n) is 2.08. The van der Waals surface area contributed by atoms with Crippen LogP contribution in [-0.4, -0.2) is 12.0 Å². The number of rotatable bonds is 2. The van der Waals surface area contributed by atoms with Crippen LogP contribution in [0.5, 0.6) is 0 Å². The molecule has 0 amide bonds. The molecule has 0 radical (unpaired) electrons. The monoisotopic (exact) mass is 232 g/mol. The highest BCUT2D eigenvalue weighted by atomic mass is 32.2. The summed E-state index contributed by atoms with van der Waals surface area (Å²) in [5.41, 5.74) is 3.21. The van der Waals surface area contributed by atoms with Gasteiger partial charge in [-0.3, -0.25) is 4.79 Å². The van der Waals surface area contributed by atoms with Gasteiger partial charge in [0.2, 0.25) is 0 Å². The number of aryl methyl sites for hydroxylation is 1. The molecule has 84 valence electrons. The van der Waals surface area contributed by atoms with Gasteiger partial charge in [0.15, 0.2) is 5.78 Å². The van der Waals surface area contributed by atoms with Gasteiger partial charge in [-0.15, -0.1) is 11.8 Å². The number of thioether (sulfide) groups is 1. The molecule has 16 heavy (non-hydrogen) atoms. The maximum absolute atomic E-state index is 11.9. The Kier molecular flexibility index (Phi) is 3.49. The molecule has 0 atom stereocenters. The Hall–Kier alpha value is -1.02. The fourth-order valence-corrected chi connectivity index (χ4v) is 2.44. The Bertz CT molecular complexity index is 434. The first-order chi connectivity index (χ1) is 7.72. The lowest BCUT2D eigenvalue weighted by Crippen LogP contribution is -2.00. The molecule has 0 aromatic heterocycles. The zero-order valence-electron chi connectivity index (χ0n) is 9.58. The third-order valence-corrected chi connectivity index (χ3v) is 3.81. The SMILES string of the molecule is C=C(SC)c1ccc2c(c1)C(=O)CCCC2. The first kappa shape index (κ1) is 11.5. The molecule has 0 saturated heterocycles. The van der Waals surface area contributed by atoms with Gasteiger partial charge < -0.3 is 0 Å². The van der Waals surface area contributed by atoms with Crippen molar-refractivity contribution < 1.29 is 4.79 Å². The van der Waals surface area contributed by atoms with E-state index < -0.39 is 0 Å². The third-order valence-electron chi connectivity index (χ3n) is 3.08. The average molecular weight is 232 g/mol. The second-order valence-electron chi connectivity index (χ2n) is 4.13. The molecule has 1 aliphatic rings. The number of carbonyl (C=O) groups is 1. The molecule has 1 nitrogen and oxygen atoms in total. The fraction of sp³-hybridized carbons (Fsp3) is 0.357. The molecular formula is C14H16OS. The molecule has 0 saturated carbocycles. The molecule has 0 aliphatic heterocycles. The minimum absolute atomic E-state index is 0.295. The molecule has 0 unspecified atom stereocenters. The lowest BCUT2D eigenvalue weighted by Gasteiger charge is -2.08. The van der Waals surface area contributed by atoms with E-state index in [1.807, 2.05) is 12.3 Å². The zero-order chi connectivity index (χ0) is 11.5. The van der Waals surface area contributed by atoms with E-state index in [9.17, 15) is 4.79 Å². The summed E-state index contributed by atoms with van der Waals surface area (Å²) >= 11 is 1.63. The van der Waals surface area contributed by atoms with Crippen LogP contribution in [0.2, 0.25) is 0 Å². The van der Waals surface area contributed by atoms with E-state index in [2.05, 4.69) is 18.7 Å². The maximum Gasteiger partial charge on any atom is 0.163 e.